The van der Waals surface area contributed by atoms with Gasteiger partial charge in [0.15, 0.2) is 0 Å². The van der Waals surface area contributed by atoms with Gasteiger partial charge in [0.2, 0.25) is 0 Å². The van der Waals surface area contributed by atoms with Crippen LogP contribution in [0, 0.1) is 5.92 Å². The zero-order valence-electron chi connectivity index (χ0n) is 11.3. The monoisotopic (exact) mass is 256 g/mol. The van der Waals surface area contributed by atoms with Crippen LogP contribution in [0.25, 0.3) is 10.9 Å². The van der Waals surface area contributed by atoms with Crippen molar-refractivity contribution in [3.05, 3.63) is 24.5 Å². The van der Waals surface area contributed by atoms with Crippen LogP contribution in [-0.4, -0.2) is 16.0 Å². The number of nitrogens with two attached hydrogens (primary N) is 1. The van der Waals surface area contributed by atoms with Gasteiger partial charge in [-0.05, 0) is 37.0 Å². The van der Waals surface area contributed by atoms with Gasteiger partial charge >= 0.3 is 0 Å². The van der Waals surface area contributed by atoms with E-state index in [0.717, 1.165) is 28.3 Å². The van der Waals surface area contributed by atoms with Crippen LogP contribution >= 0.6 is 0 Å². The van der Waals surface area contributed by atoms with Gasteiger partial charge in [-0.3, -0.25) is 0 Å². The summed E-state index contributed by atoms with van der Waals surface area (Å²) >= 11 is 0. The molecule has 1 aliphatic carbocycles. The number of aromatic nitrogens is 2. The quantitative estimate of drug-likeness (QED) is 0.810. The topological polar surface area (TPSA) is 63.8 Å². The molecule has 1 aromatic heterocycles. The Kier molecular flexibility index (Phi) is 3.23. The molecular weight excluding hydrogens is 236 g/mol. The maximum absolute atomic E-state index is 5.86. The fourth-order valence-electron chi connectivity index (χ4n) is 2.95. The molecule has 100 valence electrons. The first-order valence-corrected chi connectivity index (χ1v) is 6.99. The van der Waals surface area contributed by atoms with E-state index in [4.69, 9.17) is 5.73 Å². The van der Waals surface area contributed by atoms with E-state index in [2.05, 4.69) is 22.2 Å². The zero-order chi connectivity index (χ0) is 13.2. The van der Waals surface area contributed by atoms with Gasteiger partial charge in [0.25, 0.3) is 0 Å². The van der Waals surface area contributed by atoms with Crippen molar-refractivity contribution in [2.24, 2.45) is 5.92 Å². The molecule has 2 atom stereocenters. The second-order valence-corrected chi connectivity index (χ2v) is 5.61. The lowest BCUT2D eigenvalue weighted by Gasteiger charge is -2.28. The fourth-order valence-corrected chi connectivity index (χ4v) is 2.95. The van der Waals surface area contributed by atoms with Crippen LogP contribution in [0.15, 0.2) is 24.5 Å². The van der Waals surface area contributed by atoms with Gasteiger partial charge in [0, 0.05) is 17.1 Å². The van der Waals surface area contributed by atoms with Crippen LogP contribution in [0.4, 0.5) is 11.5 Å². The summed E-state index contributed by atoms with van der Waals surface area (Å²) in [5.41, 5.74) is 7.56. The third-order valence-corrected chi connectivity index (χ3v) is 3.94. The van der Waals surface area contributed by atoms with Crippen LogP contribution in [0.1, 0.15) is 32.6 Å². The van der Waals surface area contributed by atoms with Crippen molar-refractivity contribution in [2.75, 3.05) is 11.1 Å². The number of nitrogen functional groups attached to an aromatic ring is 1. The van der Waals surface area contributed by atoms with E-state index in [0.29, 0.717) is 6.04 Å². The molecule has 0 bridgehead atoms. The highest BCUT2D eigenvalue weighted by Gasteiger charge is 2.19. The number of hydrogen-bond donors (Lipinski definition) is 2. The smallest absolute Gasteiger partial charge is 0.137 e. The molecule has 0 radical (unpaired) electrons. The summed E-state index contributed by atoms with van der Waals surface area (Å²) in [6, 6.07) is 6.29. The lowest BCUT2D eigenvalue weighted by Crippen LogP contribution is -2.26. The minimum absolute atomic E-state index is 0.517. The van der Waals surface area contributed by atoms with Crippen LogP contribution < -0.4 is 11.1 Å². The van der Waals surface area contributed by atoms with Crippen molar-refractivity contribution in [1.82, 2.24) is 9.97 Å². The SMILES string of the molecule is CC1CCCC(Nc2ncnc3ccc(N)cc23)C1. The molecule has 1 aromatic carbocycles. The van der Waals surface area contributed by atoms with Crippen molar-refractivity contribution in [3.8, 4) is 0 Å². The van der Waals surface area contributed by atoms with Gasteiger partial charge < -0.3 is 11.1 Å². The molecule has 1 fully saturated rings. The first kappa shape index (κ1) is 12.2. The largest absolute Gasteiger partial charge is 0.399 e. The number of nitrogens with zero attached hydrogens (tertiary/aromatic N) is 2. The summed E-state index contributed by atoms with van der Waals surface area (Å²) in [7, 11) is 0. The summed E-state index contributed by atoms with van der Waals surface area (Å²) in [4.78, 5) is 8.67. The third-order valence-electron chi connectivity index (χ3n) is 3.94. The zero-order valence-corrected chi connectivity index (χ0v) is 11.3. The first-order valence-electron chi connectivity index (χ1n) is 6.99. The highest BCUT2D eigenvalue weighted by Crippen LogP contribution is 2.28. The molecule has 0 amide bonds. The Balaban J connectivity index is 1.89. The maximum atomic E-state index is 5.86. The highest BCUT2D eigenvalue weighted by molar-refractivity contribution is 5.91. The minimum Gasteiger partial charge on any atom is -0.399 e. The van der Waals surface area contributed by atoms with E-state index in [-0.39, 0.29) is 0 Å². The van der Waals surface area contributed by atoms with Crippen LogP contribution in [0.3, 0.4) is 0 Å². The van der Waals surface area contributed by atoms with Crippen LogP contribution in [0.5, 0.6) is 0 Å². The standard InChI is InChI=1S/C15H20N4/c1-10-3-2-4-12(7-10)19-15-13-8-11(16)5-6-14(13)17-9-18-15/h5-6,8-10,12H,2-4,7,16H2,1H3,(H,17,18,19). The number of rotatable bonds is 2. The lowest BCUT2D eigenvalue weighted by molar-refractivity contribution is 0.358. The van der Waals surface area contributed by atoms with Gasteiger partial charge in [-0.1, -0.05) is 19.8 Å². The molecule has 4 heteroatoms. The maximum Gasteiger partial charge on any atom is 0.137 e. The van der Waals surface area contributed by atoms with E-state index >= 15 is 0 Å². The molecule has 1 saturated carbocycles. The van der Waals surface area contributed by atoms with Crippen molar-refractivity contribution in [2.45, 2.75) is 38.6 Å². The Labute approximate surface area is 113 Å². The molecular formula is C15H20N4. The Bertz CT molecular complexity index is 581. The van der Waals surface area contributed by atoms with Crippen molar-refractivity contribution in [3.63, 3.8) is 0 Å². The number of benzene rings is 1. The summed E-state index contributed by atoms with van der Waals surface area (Å²) in [5.74, 6) is 1.71. The van der Waals surface area contributed by atoms with E-state index < -0.39 is 0 Å². The van der Waals surface area contributed by atoms with E-state index in [1.165, 1.54) is 25.7 Å². The van der Waals surface area contributed by atoms with Gasteiger partial charge in [-0.2, -0.15) is 0 Å². The van der Waals surface area contributed by atoms with Gasteiger partial charge in [-0.25, -0.2) is 9.97 Å². The summed E-state index contributed by atoms with van der Waals surface area (Å²) < 4.78 is 0. The highest BCUT2D eigenvalue weighted by atomic mass is 15.0. The summed E-state index contributed by atoms with van der Waals surface area (Å²) in [6.07, 6.45) is 6.69. The minimum atomic E-state index is 0.517. The summed E-state index contributed by atoms with van der Waals surface area (Å²) in [5, 5.41) is 4.59. The molecule has 3 rings (SSSR count). The molecule has 0 saturated heterocycles. The molecule has 2 aromatic rings. The van der Waals surface area contributed by atoms with E-state index in [1.807, 2.05) is 18.2 Å². The molecule has 19 heavy (non-hydrogen) atoms. The second-order valence-electron chi connectivity index (χ2n) is 5.61. The Hall–Kier alpha value is -1.84. The number of fused-ring (bicyclic) bond motifs is 1. The molecule has 4 nitrogen and oxygen atoms in total. The Morgan fingerprint density at radius 1 is 1.26 bits per heavy atom. The molecule has 1 aliphatic rings. The second kappa shape index (κ2) is 5.03. The summed E-state index contributed by atoms with van der Waals surface area (Å²) in [6.45, 7) is 2.32. The third kappa shape index (κ3) is 2.62. The average Bonchev–Trinajstić information content (AvgIpc) is 2.39. The fraction of sp³-hybridized carbons (Fsp3) is 0.467. The van der Waals surface area contributed by atoms with E-state index in [1.54, 1.807) is 6.33 Å². The molecule has 1 heterocycles. The molecule has 2 unspecified atom stereocenters. The predicted octanol–water partition coefficient (Wildman–Crippen LogP) is 3.20. The Morgan fingerprint density at radius 2 is 2.16 bits per heavy atom. The van der Waals surface area contributed by atoms with E-state index in [9.17, 15) is 0 Å². The normalized spacial score (nSPS) is 23.4. The molecule has 0 aliphatic heterocycles. The number of hydrogen-bond acceptors (Lipinski definition) is 4. The van der Waals surface area contributed by atoms with Crippen molar-refractivity contribution < 1.29 is 0 Å². The number of nitrogens with one attached hydrogen (secondary N) is 1. The van der Waals surface area contributed by atoms with Gasteiger partial charge in [-0.15, -0.1) is 0 Å². The lowest BCUT2D eigenvalue weighted by atomic mass is 9.87. The van der Waals surface area contributed by atoms with Crippen molar-refractivity contribution >= 4 is 22.4 Å². The predicted molar refractivity (Wildman–Crippen MR) is 79.0 cm³/mol. The van der Waals surface area contributed by atoms with Crippen LogP contribution in [-0.2, 0) is 0 Å². The van der Waals surface area contributed by atoms with Crippen molar-refractivity contribution in [1.29, 1.82) is 0 Å². The Morgan fingerprint density at radius 3 is 3.00 bits per heavy atom. The average molecular weight is 256 g/mol. The van der Waals surface area contributed by atoms with Gasteiger partial charge in [0.1, 0.15) is 12.1 Å². The van der Waals surface area contributed by atoms with Crippen LogP contribution in [0.2, 0.25) is 0 Å². The van der Waals surface area contributed by atoms with Gasteiger partial charge in [0.05, 0.1) is 5.52 Å². The molecule has 0 spiro atoms. The molecule has 3 N–H and O–H groups in total. The number of anilines is 2. The first-order chi connectivity index (χ1) is 9.22.